The number of aromatic nitrogens is 2. The summed E-state index contributed by atoms with van der Waals surface area (Å²) < 4.78 is 19.0. The molecule has 1 atom stereocenters. The topological polar surface area (TPSA) is 66.5 Å². The Morgan fingerprint density at radius 1 is 1.14 bits per heavy atom. The van der Waals surface area contributed by atoms with E-state index in [0.29, 0.717) is 22.8 Å². The molecular weight excluding hydrogens is 464 g/mol. The molecule has 1 unspecified atom stereocenters. The number of hydrogen-bond acceptors (Lipinski definition) is 5. The normalized spacial score (nSPS) is 12.8. The Bertz CT molecular complexity index is 1360. The van der Waals surface area contributed by atoms with Crippen molar-refractivity contribution in [1.29, 1.82) is 0 Å². The fourth-order valence-electron chi connectivity index (χ4n) is 4.48. The number of hydrogen-bond donors (Lipinski definition) is 0. The first kappa shape index (κ1) is 25.0. The van der Waals surface area contributed by atoms with Gasteiger partial charge in [0.05, 0.1) is 31.8 Å². The summed E-state index contributed by atoms with van der Waals surface area (Å²) in [4.78, 5) is 18.1. The van der Waals surface area contributed by atoms with Crippen molar-refractivity contribution < 1.29 is 18.7 Å². The maximum absolute atomic E-state index is 13.1. The molecule has 1 aromatic carbocycles. The molecule has 3 aromatic heterocycles. The predicted octanol–water partition coefficient (Wildman–Crippen LogP) is 6.95. The Labute approximate surface area is 210 Å². The lowest BCUT2D eigenvalue weighted by Crippen LogP contribution is -2.29. The van der Waals surface area contributed by atoms with Crippen molar-refractivity contribution in [3.8, 4) is 11.1 Å². The van der Waals surface area contributed by atoms with E-state index in [2.05, 4.69) is 18.4 Å². The predicted molar refractivity (Wildman–Crippen MR) is 138 cm³/mol. The maximum Gasteiger partial charge on any atom is 0.339 e. The minimum Gasteiger partial charge on any atom is -0.472 e. The van der Waals surface area contributed by atoms with Crippen LogP contribution in [0.5, 0.6) is 0 Å². The molecule has 0 spiro atoms. The Hall–Kier alpha value is -3.09. The molecule has 4 aromatic rings. The van der Waals surface area contributed by atoms with Gasteiger partial charge in [-0.25, -0.2) is 9.78 Å². The van der Waals surface area contributed by atoms with Gasteiger partial charge in [0.2, 0.25) is 0 Å². The van der Waals surface area contributed by atoms with Gasteiger partial charge in [-0.05, 0) is 70.9 Å². The summed E-state index contributed by atoms with van der Waals surface area (Å²) in [7, 11) is 1.38. The number of methoxy groups -OCH3 is 1. The minimum absolute atomic E-state index is 0.466. The number of aryl methyl sites for hydroxylation is 2. The van der Waals surface area contributed by atoms with Crippen molar-refractivity contribution in [1.82, 2.24) is 9.55 Å². The molecule has 0 amide bonds. The first-order valence-electron chi connectivity index (χ1n) is 11.5. The van der Waals surface area contributed by atoms with Gasteiger partial charge < -0.3 is 18.5 Å². The Balaban J connectivity index is 2.09. The first-order valence-corrected chi connectivity index (χ1v) is 11.9. The standard InChI is InChI=1S/C28H31ClN2O4/c1-16-18(3)31(14-19-12-13-34-15-19)26-22(16)24(20-8-10-21(29)11-9-20)23(17(2)30-26)25(27(32)33-7)35-28(4,5)6/h8-13,15,25H,14H2,1-7H3. The van der Waals surface area contributed by atoms with Crippen LogP contribution in [0.3, 0.4) is 0 Å². The zero-order valence-electron chi connectivity index (χ0n) is 21.2. The second-order valence-electron chi connectivity index (χ2n) is 9.75. The van der Waals surface area contributed by atoms with Crippen molar-refractivity contribution in [2.75, 3.05) is 7.11 Å². The average molecular weight is 495 g/mol. The molecule has 4 rings (SSSR count). The highest BCUT2D eigenvalue weighted by Crippen LogP contribution is 2.42. The molecule has 3 heterocycles. The van der Waals surface area contributed by atoms with Crippen molar-refractivity contribution >= 4 is 28.6 Å². The van der Waals surface area contributed by atoms with Gasteiger partial charge in [-0.3, -0.25) is 0 Å². The number of halogens is 1. The van der Waals surface area contributed by atoms with Crippen molar-refractivity contribution in [3.63, 3.8) is 0 Å². The van der Waals surface area contributed by atoms with E-state index in [1.165, 1.54) is 7.11 Å². The van der Waals surface area contributed by atoms with Crippen molar-refractivity contribution in [3.05, 3.63) is 76.0 Å². The number of benzene rings is 1. The van der Waals surface area contributed by atoms with Gasteiger partial charge in [0.15, 0.2) is 6.10 Å². The van der Waals surface area contributed by atoms with Crippen LogP contribution in [0.2, 0.25) is 5.02 Å². The number of carbonyl (C=O) groups is 1. The fraction of sp³-hybridized carbons (Fsp3) is 0.357. The smallest absolute Gasteiger partial charge is 0.339 e. The zero-order chi connectivity index (χ0) is 25.5. The minimum atomic E-state index is -0.945. The molecule has 184 valence electrons. The molecule has 0 N–H and O–H groups in total. The number of fused-ring (bicyclic) bond motifs is 1. The lowest BCUT2D eigenvalue weighted by molar-refractivity contribution is -0.164. The van der Waals surface area contributed by atoms with Gasteiger partial charge >= 0.3 is 5.97 Å². The van der Waals surface area contributed by atoms with E-state index in [9.17, 15) is 4.79 Å². The summed E-state index contributed by atoms with van der Waals surface area (Å²) in [6.07, 6.45) is 2.47. The van der Waals surface area contributed by atoms with Crippen LogP contribution in [0.15, 0.2) is 47.3 Å². The highest BCUT2D eigenvalue weighted by Gasteiger charge is 2.34. The molecule has 7 heteroatoms. The molecular formula is C28H31ClN2O4. The highest BCUT2D eigenvalue weighted by atomic mass is 35.5. The largest absolute Gasteiger partial charge is 0.472 e. The molecule has 0 saturated heterocycles. The SMILES string of the molecule is COC(=O)C(OC(C)(C)C)c1c(C)nc2c(c(C)c(C)n2Cc2ccoc2)c1-c1ccc(Cl)cc1. The quantitative estimate of drug-likeness (QED) is 0.271. The van der Waals surface area contributed by atoms with E-state index in [0.717, 1.165) is 39.0 Å². The van der Waals surface area contributed by atoms with Crippen LogP contribution in [-0.4, -0.2) is 28.2 Å². The van der Waals surface area contributed by atoms with Crippen LogP contribution < -0.4 is 0 Å². The highest BCUT2D eigenvalue weighted by molar-refractivity contribution is 6.30. The monoisotopic (exact) mass is 494 g/mol. The number of pyridine rings is 1. The summed E-state index contributed by atoms with van der Waals surface area (Å²) in [6.45, 7) is 12.5. The Morgan fingerprint density at radius 2 is 1.83 bits per heavy atom. The third kappa shape index (κ3) is 4.86. The molecule has 0 aliphatic rings. The van der Waals surface area contributed by atoms with Crippen LogP contribution in [0, 0.1) is 20.8 Å². The summed E-state index contributed by atoms with van der Waals surface area (Å²) >= 11 is 6.23. The Morgan fingerprint density at radius 3 is 2.40 bits per heavy atom. The molecule has 0 fully saturated rings. The lowest BCUT2D eigenvalue weighted by Gasteiger charge is -2.28. The van der Waals surface area contributed by atoms with E-state index in [-0.39, 0.29) is 0 Å². The number of furan rings is 1. The number of nitrogens with zero attached hydrogens (tertiary/aromatic N) is 2. The van der Waals surface area contributed by atoms with Crippen LogP contribution in [-0.2, 0) is 20.8 Å². The first-order chi connectivity index (χ1) is 16.5. The van der Waals surface area contributed by atoms with Gasteiger partial charge in [-0.1, -0.05) is 23.7 Å². The molecule has 35 heavy (non-hydrogen) atoms. The van der Waals surface area contributed by atoms with Crippen LogP contribution in [0.1, 0.15) is 55.0 Å². The van der Waals surface area contributed by atoms with Crippen LogP contribution in [0.25, 0.3) is 22.2 Å². The Kier molecular flexibility index (Phi) is 6.80. The van der Waals surface area contributed by atoms with Crippen LogP contribution >= 0.6 is 11.6 Å². The molecule has 0 aliphatic carbocycles. The van der Waals surface area contributed by atoms with Crippen LogP contribution in [0.4, 0.5) is 0 Å². The van der Waals surface area contributed by atoms with E-state index < -0.39 is 17.7 Å². The molecule has 0 saturated carbocycles. The maximum atomic E-state index is 13.1. The number of rotatable bonds is 6. The van der Waals surface area contributed by atoms with Gasteiger partial charge in [0, 0.05) is 38.5 Å². The summed E-state index contributed by atoms with van der Waals surface area (Å²) in [5.74, 6) is -0.466. The summed E-state index contributed by atoms with van der Waals surface area (Å²) in [5.41, 5.74) is 6.70. The number of ether oxygens (including phenoxy) is 2. The molecule has 6 nitrogen and oxygen atoms in total. The third-order valence-electron chi connectivity index (χ3n) is 6.19. The van der Waals surface area contributed by atoms with Gasteiger partial charge in [0.25, 0.3) is 0 Å². The summed E-state index contributed by atoms with van der Waals surface area (Å²) in [6, 6.07) is 9.59. The average Bonchev–Trinajstić information content (AvgIpc) is 3.39. The van der Waals surface area contributed by atoms with E-state index in [4.69, 9.17) is 30.5 Å². The van der Waals surface area contributed by atoms with Gasteiger partial charge in [-0.2, -0.15) is 0 Å². The second-order valence-corrected chi connectivity index (χ2v) is 10.2. The summed E-state index contributed by atoms with van der Waals surface area (Å²) in [5, 5.41) is 1.61. The second kappa shape index (κ2) is 9.51. The van der Waals surface area contributed by atoms with E-state index in [1.807, 2.05) is 58.0 Å². The van der Waals surface area contributed by atoms with E-state index >= 15 is 0 Å². The van der Waals surface area contributed by atoms with Crippen molar-refractivity contribution in [2.24, 2.45) is 0 Å². The lowest BCUT2D eigenvalue weighted by atomic mass is 9.91. The third-order valence-corrected chi connectivity index (χ3v) is 6.44. The van der Waals surface area contributed by atoms with Gasteiger partial charge in [0.1, 0.15) is 5.65 Å². The molecule has 0 aliphatic heterocycles. The van der Waals surface area contributed by atoms with Gasteiger partial charge in [-0.15, -0.1) is 0 Å². The molecule has 0 bridgehead atoms. The number of carbonyl (C=O) groups excluding carboxylic acids is 1. The number of esters is 1. The fourth-order valence-corrected chi connectivity index (χ4v) is 4.60. The molecule has 0 radical (unpaired) electrons. The van der Waals surface area contributed by atoms with Crippen molar-refractivity contribution in [2.45, 2.75) is 59.8 Å². The zero-order valence-corrected chi connectivity index (χ0v) is 22.0. The van der Waals surface area contributed by atoms with E-state index in [1.54, 1.807) is 12.5 Å².